The summed E-state index contributed by atoms with van der Waals surface area (Å²) in [6.07, 6.45) is 6.85. The quantitative estimate of drug-likeness (QED) is 0.795. The van der Waals surface area contributed by atoms with Crippen LogP contribution < -0.4 is 0 Å². The van der Waals surface area contributed by atoms with Gasteiger partial charge in [-0.3, -0.25) is 0 Å². The van der Waals surface area contributed by atoms with Gasteiger partial charge in [-0.2, -0.15) is 0 Å². The molecule has 0 radical (unpaired) electrons. The number of pyridine rings is 1. The minimum Gasteiger partial charge on any atom is -0.476 e. The first-order valence-electron chi connectivity index (χ1n) is 4.98. The first-order chi connectivity index (χ1) is 8.24. The van der Waals surface area contributed by atoms with Crippen LogP contribution in [0, 0.1) is 12.3 Å². The van der Waals surface area contributed by atoms with Gasteiger partial charge in [0.1, 0.15) is 0 Å². The molecule has 0 atom stereocenters. The van der Waals surface area contributed by atoms with Crippen LogP contribution in [0.1, 0.15) is 16.1 Å². The number of terminal acetylenes is 1. The molecule has 1 heterocycles. The van der Waals surface area contributed by atoms with Crippen molar-refractivity contribution in [3.63, 3.8) is 0 Å². The lowest BCUT2D eigenvalue weighted by molar-refractivity contribution is 0.0691. The summed E-state index contributed by atoms with van der Waals surface area (Å²) in [5, 5.41) is 9.08. The molecule has 3 nitrogen and oxygen atoms in total. The van der Waals surface area contributed by atoms with E-state index in [-0.39, 0.29) is 5.69 Å². The molecule has 0 saturated carbocycles. The summed E-state index contributed by atoms with van der Waals surface area (Å²) in [5.74, 6) is 1.48. The standard InChI is InChI=1S/C14H9NO2/c1-2-10-6-3-4-7-11(10)12-8-5-9-15-13(12)14(16)17/h1,3-9H,(H,16,17). The number of aromatic carboxylic acids is 1. The zero-order valence-electron chi connectivity index (χ0n) is 8.92. The molecule has 2 rings (SSSR count). The highest BCUT2D eigenvalue weighted by atomic mass is 16.4. The number of benzene rings is 1. The first kappa shape index (κ1) is 10.9. The topological polar surface area (TPSA) is 50.2 Å². The molecule has 0 amide bonds. The van der Waals surface area contributed by atoms with E-state index in [4.69, 9.17) is 11.5 Å². The molecule has 0 aliphatic carbocycles. The van der Waals surface area contributed by atoms with Crippen LogP contribution in [0.5, 0.6) is 0 Å². The Labute approximate surface area is 98.8 Å². The van der Waals surface area contributed by atoms with Crippen molar-refractivity contribution in [3.8, 4) is 23.5 Å². The maximum Gasteiger partial charge on any atom is 0.355 e. The van der Waals surface area contributed by atoms with Crippen molar-refractivity contribution in [2.45, 2.75) is 0 Å². The summed E-state index contributed by atoms with van der Waals surface area (Å²) in [5.41, 5.74) is 1.91. The van der Waals surface area contributed by atoms with Crippen LogP contribution in [0.25, 0.3) is 11.1 Å². The molecule has 1 N–H and O–H groups in total. The summed E-state index contributed by atoms with van der Waals surface area (Å²) in [6, 6.07) is 10.6. The lowest BCUT2D eigenvalue weighted by Gasteiger charge is -2.07. The smallest absolute Gasteiger partial charge is 0.355 e. The minimum absolute atomic E-state index is 0.00944. The largest absolute Gasteiger partial charge is 0.476 e. The number of aromatic nitrogens is 1. The van der Waals surface area contributed by atoms with Crippen molar-refractivity contribution in [1.29, 1.82) is 0 Å². The summed E-state index contributed by atoms with van der Waals surface area (Å²) in [4.78, 5) is 14.9. The van der Waals surface area contributed by atoms with Gasteiger partial charge in [-0.05, 0) is 17.7 Å². The molecular formula is C14H9NO2. The number of nitrogens with zero attached hydrogens (tertiary/aromatic N) is 1. The van der Waals surface area contributed by atoms with Crippen LogP contribution >= 0.6 is 0 Å². The fraction of sp³-hybridized carbons (Fsp3) is 0. The maximum absolute atomic E-state index is 11.1. The molecule has 0 spiro atoms. The third kappa shape index (κ3) is 2.01. The minimum atomic E-state index is -1.06. The molecule has 0 aliphatic rings. The van der Waals surface area contributed by atoms with Gasteiger partial charge in [-0.15, -0.1) is 6.42 Å². The molecule has 3 heteroatoms. The Balaban J connectivity index is 2.69. The van der Waals surface area contributed by atoms with Gasteiger partial charge in [-0.25, -0.2) is 9.78 Å². The molecule has 1 aromatic heterocycles. The fourth-order valence-corrected chi connectivity index (χ4v) is 1.64. The van der Waals surface area contributed by atoms with E-state index in [0.717, 1.165) is 0 Å². The molecule has 0 aliphatic heterocycles. The maximum atomic E-state index is 11.1. The zero-order chi connectivity index (χ0) is 12.3. The molecule has 82 valence electrons. The van der Waals surface area contributed by atoms with Gasteiger partial charge in [0.2, 0.25) is 0 Å². The Kier molecular flexibility index (Phi) is 2.89. The first-order valence-corrected chi connectivity index (χ1v) is 4.98. The second-order valence-corrected chi connectivity index (χ2v) is 3.39. The average Bonchev–Trinajstić information content (AvgIpc) is 2.38. The second kappa shape index (κ2) is 4.50. The predicted molar refractivity (Wildman–Crippen MR) is 64.6 cm³/mol. The van der Waals surface area contributed by atoms with E-state index in [2.05, 4.69) is 10.9 Å². The van der Waals surface area contributed by atoms with E-state index >= 15 is 0 Å². The van der Waals surface area contributed by atoms with Crippen LogP contribution in [0.15, 0.2) is 42.6 Å². The van der Waals surface area contributed by atoms with Gasteiger partial charge in [0.15, 0.2) is 5.69 Å². The fourth-order valence-electron chi connectivity index (χ4n) is 1.64. The van der Waals surface area contributed by atoms with E-state index in [1.165, 1.54) is 6.20 Å². The predicted octanol–water partition coefficient (Wildman–Crippen LogP) is 2.43. The molecular weight excluding hydrogens is 214 g/mol. The number of rotatable bonds is 2. The number of carboxylic acids is 1. The van der Waals surface area contributed by atoms with Crippen molar-refractivity contribution in [2.24, 2.45) is 0 Å². The summed E-state index contributed by atoms with van der Waals surface area (Å²) in [7, 11) is 0. The van der Waals surface area contributed by atoms with Gasteiger partial charge in [0.05, 0.1) is 0 Å². The average molecular weight is 223 g/mol. The Hall–Kier alpha value is -2.60. The van der Waals surface area contributed by atoms with Crippen molar-refractivity contribution in [3.05, 3.63) is 53.9 Å². The zero-order valence-corrected chi connectivity index (χ0v) is 8.92. The molecule has 0 bridgehead atoms. The van der Waals surface area contributed by atoms with Gasteiger partial charge in [0.25, 0.3) is 0 Å². The summed E-state index contributed by atoms with van der Waals surface area (Å²) < 4.78 is 0. The molecule has 17 heavy (non-hydrogen) atoms. The van der Waals surface area contributed by atoms with E-state index in [1.807, 2.05) is 12.1 Å². The van der Waals surface area contributed by atoms with Crippen LogP contribution in [0.4, 0.5) is 0 Å². The molecule has 0 fully saturated rings. The van der Waals surface area contributed by atoms with Gasteiger partial charge in [0, 0.05) is 17.3 Å². The van der Waals surface area contributed by atoms with Crippen LogP contribution in [-0.2, 0) is 0 Å². The number of carboxylic acid groups (broad SMARTS) is 1. The number of hydrogen-bond donors (Lipinski definition) is 1. The number of carbonyl (C=O) groups is 1. The Morgan fingerprint density at radius 2 is 1.88 bits per heavy atom. The highest BCUT2D eigenvalue weighted by molar-refractivity contribution is 5.94. The Morgan fingerprint density at radius 3 is 2.59 bits per heavy atom. The highest BCUT2D eigenvalue weighted by Gasteiger charge is 2.14. The molecule has 1 aromatic carbocycles. The van der Waals surface area contributed by atoms with Crippen molar-refractivity contribution >= 4 is 5.97 Å². The summed E-state index contributed by atoms with van der Waals surface area (Å²) in [6.45, 7) is 0. The third-order valence-electron chi connectivity index (χ3n) is 2.38. The second-order valence-electron chi connectivity index (χ2n) is 3.39. The Morgan fingerprint density at radius 1 is 1.18 bits per heavy atom. The van der Waals surface area contributed by atoms with Crippen molar-refractivity contribution in [1.82, 2.24) is 4.98 Å². The van der Waals surface area contributed by atoms with Gasteiger partial charge >= 0.3 is 5.97 Å². The molecule has 2 aromatic rings. The third-order valence-corrected chi connectivity index (χ3v) is 2.38. The molecule has 0 unspecified atom stereocenters. The van der Waals surface area contributed by atoms with Crippen molar-refractivity contribution in [2.75, 3.05) is 0 Å². The Bertz CT molecular complexity index is 612. The van der Waals surface area contributed by atoms with E-state index < -0.39 is 5.97 Å². The SMILES string of the molecule is C#Cc1ccccc1-c1cccnc1C(=O)O. The summed E-state index contributed by atoms with van der Waals surface area (Å²) >= 11 is 0. The van der Waals surface area contributed by atoms with Gasteiger partial charge < -0.3 is 5.11 Å². The number of hydrogen-bond acceptors (Lipinski definition) is 2. The van der Waals surface area contributed by atoms with Crippen molar-refractivity contribution < 1.29 is 9.90 Å². The highest BCUT2D eigenvalue weighted by Crippen LogP contribution is 2.25. The van der Waals surface area contributed by atoms with E-state index in [0.29, 0.717) is 16.7 Å². The monoisotopic (exact) mass is 223 g/mol. The lowest BCUT2D eigenvalue weighted by Crippen LogP contribution is -2.03. The lowest BCUT2D eigenvalue weighted by atomic mass is 9.99. The van der Waals surface area contributed by atoms with E-state index in [9.17, 15) is 4.79 Å². The molecule has 0 saturated heterocycles. The van der Waals surface area contributed by atoms with E-state index in [1.54, 1.807) is 24.3 Å². The van der Waals surface area contributed by atoms with Crippen LogP contribution in [0.3, 0.4) is 0 Å². The van der Waals surface area contributed by atoms with Gasteiger partial charge in [-0.1, -0.05) is 30.2 Å². The van der Waals surface area contributed by atoms with Crippen LogP contribution in [0.2, 0.25) is 0 Å². The van der Waals surface area contributed by atoms with Crippen LogP contribution in [-0.4, -0.2) is 16.1 Å². The normalized spacial score (nSPS) is 9.59.